The average molecular weight is 266 g/mol. The number of hydrogen-bond acceptors (Lipinski definition) is 1. The van der Waals surface area contributed by atoms with Gasteiger partial charge in [0.15, 0.2) is 0 Å². The Hall–Kier alpha value is -1.60. The Morgan fingerprint density at radius 3 is 2.40 bits per heavy atom. The van der Waals surface area contributed by atoms with E-state index in [-0.39, 0.29) is 0 Å². The van der Waals surface area contributed by atoms with Gasteiger partial charge in [-0.3, -0.25) is 0 Å². The first kappa shape index (κ1) is 13.4. The summed E-state index contributed by atoms with van der Waals surface area (Å²) in [6.45, 7) is 4.16. The van der Waals surface area contributed by atoms with E-state index < -0.39 is 6.10 Å². The summed E-state index contributed by atoms with van der Waals surface area (Å²) in [4.78, 5) is 0. The molecule has 0 amide bonds. The minimum absolute atomic E-state index is 0.409. The van der Waals surface area contributed by atoms with Crippen LogP contribution in [0.2, 0.25) is 0 Å². The summed E-state index contributed by atoms with van der Waals surface area (Å²) in [5.41, 5.74) is 7.69. The van der Waals surface area contributed by atoms with Crippen LogP contribution in [0.5, 0.6) is 0 Å². The van der Waals surface area contributed by atoms with Crippen LogP contribution in [0.4, 0.5) is 0 Å². The summed E-state index contributed by atoms with van der Waals surface area (Å²) >= 11 is 0. The Bertz CT molecular complexity index is 607. The van der Waals surface area contributed by atoms with Crippen molar-refractivity contribution in [3.8, 4) is 0 Å². The molecule has 104 valence electrons. The lowest BCUT2D eigenvalue weighted by molar-refractivity contribution is 0.178. The molecule has 0 heterocycles. The molecule has 1 aliphatic carbocycles. The third kappa shape index (κ3) is 2.78. The van der Waals surface area contributed by atoms with Gasteiger partial charge in [0.25, 0.3) is 0 Å². The van der Waals surface area contributed by atoms with E-state index in [9.17, 15) is 5.11 Å². The highest BCUT2D eigenvalue weighted by Crippen LogP contribution is 2.26. The lowest BCUT2D eigenvalue weighted by Gasteiger charge is -2.14. The second kappa shape index (κ2) is 5.41. The molecule has 1 nitrogen and oxygen atoms in total. The van der Waals surface area contributed by atoms with Crippen molar-refractivity contribution >= 4 is 0 Å². The van der Waals surface area contributed by atoms with E-state index >= 15 is 0 Å². The van der Waals surface area contributed by atoms with Crippen LogP contribution in [0.1, 0.15) is 45.9 Å². The van der Waals surface area contributed by atoms with Gasteiger partial charge in [0.1, 0.15) is 0 Å². The van der Waals surface area contributed by atoms with E-state index in [0.717, 1.165) is 5.56 Å². The fourth-order valence-corrected chi connectivity index (χ4v) is 3.30. The number of aliphatic hydroxyl groups is 1. The predicted octanol–water partition coefficient (Wildman–Crippen LogP) is 4.07. The molecule has 0 aromatic heterocycles. The molecule has 0 saturated carbocycles. The predicted molar refractivity (Wildman–Crippen MR) is 83.0 cm³/mol. The van der Waals surface area contributed by atoms with E-state index in [1.807, 2.05) is 0 Å². The molecule has 3 rings (SSSR count). The maximum Gasteiger partial charge on any atom is 0.0830 e. The molecular weight excluding hydrogens is 244 g/mol. The highest BCUT2D eigenvalue weighted by molar-refractivity contribution is 5.36. The maximum absolute atomic E-state index is 10.5. The zero-order valence-electron chi connectivity index (χ0n) is 12.3. The molecule has 1 atom stereocenters. The van der Waals surface area contributed by atoms with Crippen molar-refractivity contribution in [2.75, 3.05) is 0 Å². The first-order chi connectivity index (χ1) is 9.61. The molecule has 0 bridgehead atoms. The van der Waals surface area contributed by atoms with Gasteiger partial charge >= 0.3 is 0 Å². The van der Waals surface area contributed by atoms with Crippen LogP contribution in [-0.2, 0) is 19.3 Å². The molecule has 1 N–H and O–H groups in total. The van der Waals surface area contributed by atoms with Crippen LogP contribution >= 0.6 is 0 Å². The smallest absolute Gasteiger partial charge is 0.0830 e. The Balaban J connectivity index is 1.80. The van der Waals surface area contributed by atoms with Crippen LogP contribution in [0, 0.1) is 13.8 Å². The Kier molecular flexibility index (Phi) is 3.62. The highest BCUT2D eigenvalue weighted by atomic mass is 16.3. The van der Waals surface area contributed by atoms with Gasteiger partial charge in [-0.25, -0.2) is 0 Å². The number of aliphatic hydroxyl groups excluding tert-OH is 1. The summed E-state index contributed by atoms with van der Waals surface area (Å²) in [7, 11) is 0. The zero-order chi connectivity index (χ0) is 14.1. The van der Waals surface area contributed by atoms with Crippen molar-refractivity contribution in [2.45, 2.75) is 45.6 Å². The van der Waals surface area contributed by atoms with E-state index in [2.05, 4.69) is 50.2 Å². The summed E-state index contributed by atoms with van der Waals surface area (Å²) in [6, 6.07) is 13.0. The van der Waals surface area contributed by atoms with Gasteiger partial charge in [-0.2, -0.15) is 0 Å². The van der Waals surface area contributed by atoms with Gasteiger partial charge in [0, 0.05) is 6.42 Å². The molecule has 1 unspecified atom stereocenters. The van der Waals surface area contributed by atoms with Gasteiger partial charge in [-0.05, 0) is 55.4 Å². The van der Waals surface area contributed by atoms with E-state index in [1.165, 1.54) is 47.1 Å². The van der Waals surface area contributed by atoms with Crippen molar-refractivity contribution in [3.63, 3.8) is 0 Å². The molecule has 1 heteroatoms. The minimum Gasteiger partial charge on any atom is -0.388 e. The SMILES string of the molecule is Cc1cc(C)cc(C(O)Cc2ccc3c(c2)CCC3)c1. The second-order valence-electron chi connectivity index (χ2n) is 6.10. The third-order valence-corrected chi connectivity index (χ3v) is 4.22. The number of rotatable bonds is 3. The van der Waals surface area contributed by atoms with Crippen molar-refractivity contribution < 1.29 is 5.11 Å². The fraction of sp³-hybridized carbons (Fsp3) is 0.368. The van der Waals surface area contributed by atoms with Gasteiger partial charge in [0.05, 0.1) is 6.10 Å². The molecule has 0 saturated heterocycles. The average Bonchev–Trinajstić information content (AvgIpc) is 2.85. The van der Waals surface area contributed by atoms with Crippen LogP contribution < -0.4 is 0 Å². The quantitative estimate of drug-likeness (QED) is 0.888. The van der Waals surface area contributed by atoms with Gasteiger partial charge in [0.2, 0.25) is 0 Å². The Labute approximate surface area is 121 Å². The van der Waals surface area contributed by atoms with Gasteiger partial charge in [-0.15, -0.1) is 0 Å². The van der Waals surface area contributed by atoms with Crippen molar-refractivity contribution in [3.05, 3.63) is 69.8 Å². The summed E-state index contributed by atoms with van der Waals surface area (Å²) in [5.74, 6) is 0. The van der Waals surface area contributed by atoms with Crippen molar-refractivity contribution in [2.24, 2.45) is 0 Å². The topological polar surface area (TPSA) is 20.2 Å². The van der Waals surface area contributed by atoms with Crippen molar-refractivity contribution in [1.29, 1.82) is 0 Å². The van der Waals surface area contributed by atoms with Crippen LogP contribution in [-0.4, -0.2) is 5.11 Å². The molecule has 0 spiro atoms. The van der Waals surface area contributed by atoms with E-state index in [4.69, 9.17) is 0 Å². The van der Waals surface area contributed by atoms with Gasteiger partial charge in [-0.1, -0.05) is 47.5 Å². The van der Waals surface area contributed by atoms with Crippen molar-refractivity contribution in [1.82, 2.24) is 0 Å². The van der Waals surface area contributed by atoms with Crippen LogP contribution in [0.3, 0.4) is 0 Å². The summed E-state index contributed by atoms with van der Waals surface area (Å²) in [5, 5.41) is 10.5. The summed E-state index contributed by atoms with van der Waals surface area (Å²) < 4.78 is 0. The standard InChI is InChI=1S/C19H22O/c1-13-8-14(2)10-18(9-13)19(20)12-15-6-7-16-4-3-5-17(16)11-15/h6-11,19-20H,3-5,12H2,1-2H3. The van der Waals surface area contributed by atoms with Crippen LogP contribution in [0.15, 0.2) is 36.4 Å². The van der Waals surface area contributed by atoms with Crippen LogP contribution in [0.25, 0.3) is 0 Å². The molecule has 20 heavy (non-hydrogen) atoms. The molecule has 0 fully saturated rings. The lowest BCUT2D eigenvalue weighted by Crippen LogP contribution is -2.03. The first-order valence-electron chi connectivity index (χ1n) is 7.49. The number of benzene rings is 2. The maximum atomic E-state index is 10.5. The number of hydrogen-bond donors (Lipinski definition) is 1. The molecular formula is C19H22O. The highest BCUT2D eigenvalue weighted by Gasteiger charge is 2.14. The fourth-order valence-electron chi connectivity index (χ4n) is 3.30. The molecule has 2 aromatic carbocycles. The molecule has 1 aliphatic rings. The largest absolute Gasteiger partial charge is 0.388 e. The van der Waals surface area contributed by atoms with E-state index in [1.54, 1.807) is 0 Å². The normalized spacial score (nSPS) is 15.2. The zero-order valence-corrected chi connectivity index (χ0v) is 12.3. The lowest BCUT2D eigenvalue weighted by atomic mass is 9.96. The Morgan fingerprint density at radius 1 is 0.950 bits per heavy atom. The van der Waals surface area contributed by atoms with Gasteiger partial charge < -0.3 is 5.11 Å². The molecule has 0 aliphatic heterocycles. The first-order valence-corrected chi connectivity index (χ1v) is 7.49. The molecule has 2 aromatic rings. The minimum atomic E-state index is -0.409. The monoisotopic (exact) mass is 266 g/mol. The third-order valence-electron chi connectivity index (χ3n) is 4.22. The van der Waals surface area contributed by atoms with E-state index in [0.29, 0.717) is 6.42 Å². The molecule has 0 radical (unpaired) electrons. The Morgan fingerprint density at radius 2 is 1.65 bits per heavy atom. The number of aryl methyl sites for hydroxylation is 4. The number of fused-ring (bicyclic) bond motifs is 1. The summed E-state index contributed by atoms with van der Waals surface area (Å²) in [6.07, 6.45) is 3.99. The second-order valence-corrected chi connectivity index (χ2v) is 6.10.